The van der Waals surface area contributed by atoms with Crippen molar-refractivity contribution in [2.45, 2.75) is 6.54 Å². The SMILES string of the molecule is Nc1nc(N2CCOc3[nH]ncc3C2)c2cn[n-]c2n1.[Re]. The Bertz CT molecular complexity index is 769. The van der Waals surface area contributed by atoms with Crippen LogP contribution < -0.4 is 20.5 Å². The van der Waals surface area contributed by atoms with Gasteiger partial charge in [0.05, 0.1) is 24.8 Å². The van der Waals surface area contributed by atoms with Crippen molar-refractivity contribution < 1.29 is 25.2 Å². The van der Waals surface area contributed by atoms with Crippen LogP contribution in [0.15, 0.2) is 12.4 Å². The summed E-state index contributed by atoms with van der Waals surface area (Å²) in [6.07, 6.45) is 3.39. The minimum atomic E-state index is 0. The first-order chi connectivity index (χ1) is 9.81. The third-order valence-electron chi connectivity index (χ3n) is 3.21. The molecule has 0 spiro atoms. The maximum atomic E-state index is 5.74. The number of hydrogen-bond acceptors (Lipinski definition) is 7. The molecule has 1 aliphatic rings. The molecule has 0 saturated heterocycles. The van der Waals surface area contributed by atoms with Crippen molar-refractivity contribution in [3.63, 3.8) is 0 Å². The summed E-state index contributed by atoms with van der Waals surface area (Å²) in [5.74, 6) is 1.60. The van der Waals surface area contributed by atoms with Crippen LogP contribution in [0.2, 0.25) is 0 Å². The van der Waals surface area contributed by atoms with Crippen molar-refractivity contribution in [1.82, 2.24) is 30.4 Å². The predicted octanol–water partition coefficient (Wildman–Crippen LogP) is -0.316. The van der Waals surface area contributed by atoms with E-state index in [9.17, 15) is 0 Å². The van der Waals surface area contributed by atoms with Crippen molar-refractivity contribution in [3.05, 3.63) is 18.0 Å². The molecule has 9 nitrogen and oxygen atoms in total. The largest absolute Gasteiger partial charge is 0.476 e. The Morgan fingerprint density at radius 2 is 2.24 bits per heavy atom. The molecule has 0 unspecified atom stereocenters. The summed E-state index contributed by atoms with van der Waals surface area (Å²) in [7, 11) is 0. The number of anilines is 2. The number of fused-ring (bicyclic) bond motifs is 2. The van der Waals surface area contributed by atoms with Gasteiger partial charge in [-0.25, -0.2) is 10.1 Å². The van der Waals surface area contributed by atoms with Gasteiger partial charge in [-0.05, 0) is 5.65 Å². The summed E-state index contributed by atoms with van der Waals surface area (Å²) in [4.78, 5) is 10.4. The molecule has 0 saturated carbocycles. The molecule has 0 amide bonds. The van der Waals surface area contributed by atoms with Crippen LogP contribution in [0.5, 0.6) is 5.88 Å². The number of ether oxygens (including phenoxy) is 1. The zero-order chi connectivity index (χ0) is 13.5. The minimum absolute atomic E-state index is 0. The van der Waals surface area contributed by atoms with Crippen LogP contribution in [0.1, 0.15) is 5.56 Å². The van der Waals surface area contributed by atoms with Crippen molar-refractivity contribution >= 4 is 22.8 Å². The maximum Gasteiger partial charge on any atom is 0.214 e. The summed E-state index contributed by atoms with van der Waals surface area (Å²) in [6, 6.07) is 0. The molecule has 10 heteroatoms. The molecule has 109 valence electrons. The van der Waals surface area contributed by atoms with Gasteiger partial charge in [-0.15, -0.1) is 0 Å². The first kappa shape index (κ1) is 13.8. The van der Waals surface area contributed by atoms with E-state index in [4.69, 9.17) is 10.5 Å². The van der Waals surface area contributed by atoms with E-state index in [1.54, 1.807) is 12.4 Å². The van der Waals surface area contributed by atoms with Crippen LogP contribution in [-0.2, 0) is 27.0 Å². The number of aromatic nitrogens is 6. The molecule has 1 radical (unpaired) electrons. The Morgan fingerprint density at radius 1 is 1.33 bits per heavy atom. The molecule has 0 atom stereocenters. The standard InChI is InChI=1S/C11H11N8O.Re/c12-11-15-8-7(4-14-17-8)9(16-11)19-1-2-20-10-6(5-19)3-13-18-10;/h3-4H,1-2,5H2,(H3-,12,13,14,15,16,17,18);/q-1;. The molecule has 1 aliphatic heterocycles. The van der Waals surface area contributed by atoms with E-state index in [0.29, 0.717) is 31.2 Å². The van der Waals surface area contributed by atoms with Gasteiger partial charge in [-0.2, -0.15) is 5.10 Å². The van der Waals surface area contributed by atoms with Gasteiger partial charge in [0.1, 0.15) is 18.4 Å². The van der Waals surface area contributed by atoms with Crippen LogP contribution in [-0.4, -0.2) is 38.4 Å². The van der Waals surface area contributed by atoms with Gasteiger partial charge in [0.25, 0.3) is 0 Å². The van der Waals surface area contributed by atoms with E-state index in [1.807, 2.05) is 0 Å². The van der Waals surface area contributed by atoms with Crippen LogP contribution in [0.3, 0.4) is 0 Å². The fraction of sp³-hybridized carbons (Fsp3) is 0.273. The Hall–Kier alpha value is -2.18. The third kappa shape index (κ3) is 2.32. The molecule has 3 aromatic heterocycles. The number of aromatic amines is 1. The number of nitrogens with one attached hydrogen (secondary N) is 1. The predicted molar refractivity (Wildman–Crippen MR) is 70.2 cm³/mol. The van der Waals surface area contributed by atoms with Gasteiger partial charge >= 0.3 is 0 Å². The Balaban J connectivity index is 0.00000132. The minimum Gasteiger partial charge on any atom is -0.476 e. The van der Waals surface area contributed by atoms with E-state index in [-0.39, 0.29) is 26.4 Å². The number of nitrogens with zero attached hydrogens (tertiary/aromatic N) is 6. The monoisotopic (exact) mass is 458 g/mol. The van der Waals surface area contributed by atoms with Gasteiger partial charge in [0, 0.05) is 32.0 Å². The fourth-order valence-electron chi connectivity index (χ4n) is 2.30. The van der Waals surface area contributed by atoms with Gasteiger partial charge in [0.15, 0.2) is 0 Å². The van der Waals surface area contributed by atoms with Crippen LogP contribution in [0, 0.1) is 0 Å². The molecule has 3 aromatic rings. The van der Waals surface area contributed by atoms with Gasteiger partial charge in [-0.3, -0.25) is 5.10 Å². The van der Waals surface area contributed by atoms with E-state index < -0.39 is 0 Å². The average molecular weight is 457 g/mol. The first-order valence-corrected chi connectivity index (χ1v) is 6.13. The van der Waals surface area contributed by atoms with Crippen molar-refractivity contribution in [1.29, 1.82) is 0 Å². The number of rotatable bonds is 1. The Kier molecular flexibility index (Phi) is 3.49. The third-order valence-corrected chi connectivity index (χ3v) is 3.21. The van der Waals surface area contributed by atoms with Gasteiger partial charge in [0.2, 0.25) is 5.88 Å². The molecule has 0 bridgehead atoms. The second-order valence-corrected chi connectivity index (χ2v) is 4.48. The number of nitrogen functional groups attached to an aromatic ring is 1. The molecule has 0 aromatic carbocycles. The summed E-state index contributed by atoms with van der Waals surface area (Å²) >= 11 is 0. The molecule has 0 aliphatic carbocycles. The molecular weight excluding hydrogens is 446 g/mol. The van der Waals surface area contributed by atoms with E-state index in [0.717, 1.165) is 16.8 Å². The van der Waals surface area contributed by atoms with Crippen LogP contribution in [0.25, 0.3) is 11.0 Å². The maximum absolute atomic E-state index is 5.74. The zero-order valence-electron chi connectivity index (χ0n) is 10.8. The van der Waals surface area contributed by atoms with Crippen molar-refractivity contribution in [3.8, 4) is 5.88 Å². The second-order valence-electron chi connectivity index (χ2n) is 4.48. The van der Waals surface area contributed by atoms with E-state index in [2.05, 4.69) is 35.3 Å². The zero-order valence-corrected chi connectivity index (χ0v) is 13.5. The van der Waals surface area contributed by atoms with E-state index >= 15 is 0 Å². The molecule has 4 rings (SSSR count). The van der Waals surface area contributed by atoms with Crippen LogP contribution >= 0.6 is 0 Å². The normalized spacial score (nSPS) is 14.2. The topological polar surface area (TPSA) is 120 Å². The first-order valence-electron chi connectivity index (χ1n) is 6.13. The summed E-state index contributed by atoms with van der Waals surface area (Å²) < 4.78 is 5.60. The summed E-state index contributed by atoms with van der Waals surface area (Å²) in [5, 5.41) is 15.4. The molecule has 0 fully saturated rings. The van der Waals surface area contributed by atoms with E-state index in [1.165, 1.54) is 0 Å². The Morgan fingerprint density at radius 3 is 3.14 bits per heavy atom. The average Bonchev–Trinajstić information content (AvgIpc) is 3.02. The second kappa shape index (κ2) is 5.31. The summed E-state index contributed by atoms with van der Waals surface area (Å²) in [6.45, 7) is 1.84. The van der Waals surface area contributed by atoms with Crippen molar-refractivity contribution in [2.24, 2.45) is 0 Å². The van der Waals surface area contributed by atoms with Crippen LogP contribution in [0.4, 0.5) is 11.8 Å². The molecule has 21 heavy (non-hydrogen) atoms. The van der Waals surface area contributed by atoms with Gasteiger partial charge in [-0.1, -0.05) is 0 Å². The van der Waals surface area contributed by atoms with Crippen molar-refractivity contribution in [2.75, 3.05) is 23.8 Å². The number of H-pyrrole nitrogens is 1. The quantitative estimate of drug-likeness (QED) is 0.511. The fourth-order valence-corrected chi connectivity index (χ4v) is 2.30. The summed E-state index contributed by atoms with van der Waals surface area (Å²) in [5.41, 5.74) is 7.22. The number of hydrogen-bond donors (Lipinski definition) is 2. The molecular formula is C11H11N8ORe-. The molecule has 4 heterocycles. The molecule has 3 N–H and O–H groups in total. The number of nitrogens with two attached hydrogens (primary N) is 1. The van der Waals surface area contributed by atoms with Gasteiger partial charge < -0.3 is 25.5 Å². The Labute approximate surface area is 132 Å². The smallest absolute Gasteiger partial charge is 0.214 e.